The maximum absolute atomic E-state index is 10.6. The first-order valence-corrected chi connectivity index (χ1v) is 4.41. The highest BCUT2D eigenvalue weighted by atomic mass is 16.1. The number of aldehydes is 1. The number of carbonyl (C=O) groups is 1. The van der Waals surface area contributed by atoms with Gasteiger partial charge in [-0.1, -0.05) is 0 Å². The average molecular weight is 186 g/mol. The van der Waals surface area contributed by atoms with Crippen molar-refractivity contribution in [3.8, 4) is 0 Å². The molecule has 0 saturated carbocycles. The SMILES string of the molecule is Cc1nc2ccc(C=O)cc2nc1C. The molecule has 0 bridgehead atoms. The Hall–Kier alpha value is -1.77. The lowest BCUT2D eigenvalue weighted by molar-refractivity contribution is 0.112. The van der Waals surface area contributed by atoms with Gasteiger partial charge in [0, 0.05) is 5.56 Å². The van der Waals surface area contributed by atoms with Gasteiger partial charge in [0.05, 0.1) is 22.4 Å². The van der Waals surface area contributed by atoms with Gasteiger partial charge in [0.15, 0.2) is 0 Å². The molecule has 3 heteroatoms. The van der Waals surface area contributed by atoms with E-state index in [0.717, 1.165) is 28.7 Å². The monoisotopic (exact) mass is 186 g/mol. The van der Waals surface area contributed by atoms with Crippen molar-refractivity contribution in [2.75, 3.05) is 0 Å². The third-order valence-electron chi connectivity index (χ3n) is 2.24. The number of hydrogen-bond acceptors (Lipinski definition) is 3. The zero-order valence-corrected chi connectivity index (χ0v) is 8.11. The Bertz CT molecular complexity index is 506. The van der Waals surface area contributed by atoms with E-state index in [-0.39, 0.29) is 0 Å². The largest absolute Gasteiger partial charge is 0.298 e. The fourth-order valence-corrected chi connectivity index (χ4v) is 1.32. The van der Waals surface area contributed by atoms with Gasteiger partial charge >= 0.3 is 0 Å². The summed E-state index contributed by atoms with van der Waals surface area (Å²) in [5.41, 5.74) is 4.07. The third kappa shape index (κ3) is 1.37. The minimum absolute atomic E-state index is 0.634. The molecule has 0 radical (unpaired) electrons. The number of rotatable bonds is 1. The fourth-order valence-electron chi connectivity index (χ4n) is 1.32. The van der Waals surface area contributed by atoms with Gasteiger partial charge in [0.2, 0.25) is 0 Å². The Morgan fingerprint density at radius 1 is 1.07 bits per heavy atom. The summed E-state index contributed by atoms with van der Waals surface area (Å²) in [5.74, 6) is 0. The highest BCUT2D eigenvalue weighted by Gasteiger charge is 2.01. The van der Waals surface area contributed by atoms with E-state index in [0.29, 0.717) is 5.56 Å². The minimum atomic E-state index is 0.634. The van der Waals surface area contributed by atoms with Crippen LogP contribution < -0.4 is 0 Å². The van der Waals surface area contributed by atoms with E-state index >= 15 is 0 Å². The Balaban J connectivity index is 2.76. The Morgan fingerprint density at radius 3 is 2.36 bits per heavy atom. The van der Waals surface area contributed by atoms with Crippen LogP contribution in [0.4, 0.5) is 0 Å². The van der Waals surface area contributed by atoms with Gasteiger partial charge in [-0.3, -0.25) is 4.79 Å². The van der Waals surface area contributed by atoms with Crippen molar-refractivity contribution in [3.05, 3.63) is 35.2 Å². The van der Waals surface area contributed by atoms with Crippen LogP contribution in [0.2, 0.25) is 0 Å². The molecule has 2 rings (SSSR count). The van der Waals surface area contributed by atoms with Gasteiger partial charge in [-0.25, -0.2) is 9.97 Å². The molecule has 70 valence electrons. The molecule has 0 saturated heterocycles. The number of hydrogen-bond donors (Lipinski definition) is 0. The minimum Gasteiger partial charge on any atom is -0.298 e. The maximum atomic E-state index is 10.6. The Morgan fingerprint density at radius 2 is 1.71 bits per heavy atom. The highest BCUT2D eigenvalue weighted by Crippen LogP contribution is 2.13. The van der Waals surface area contributed by atoms with E-state index in [4.69, 9.17) is 0 Å². The van der Waals surface area contributed by atoms with Crippen molar-refractivity contribution in [2.45, 2.75) is 13.8 Å². The summed E-state index contributed by atoms with van der Waals surface area (Å²) in [4.78, 5) is 19.3. The molecule has 0 spiro atoms. The Kier molecular flexibility index (Phi) is 2.00. The number of nitrogens with zero attached hydrogens (tertiary/aromatic N) is 2. The van der Waals surface area contributed by atoms with Crippen LogP contribution in [0.25, 0.3) is 11.0 Å². The lowest BCUT2D eigenvalue weighted by atomic mass is 10.2. The normalized spacial score (nSPS) is 10.4. The maximum Gasteiger partial charge on any atom is 0.150 e. The second-order valence-electron chi connectivity index (χ2n) is 3.26. The van der Waals surface area contributed by atoms with E-state index in [9.17, 15) is 4.79 Å². The predicted octanol–water partition coefficient (Wildman–Crippen LogP) is 2.06. The van der Waals surface area contributed by atoms with Crippen LogP contribution in [0.15, 0.2) is 18.2 Å². The van der Waals surface area contributed by atoms with E-state index < -0.39 is 0 Å². The summed E-state index contributed by atoms with van der Waals surface area (Å²) in [6.45, 7) is 3.84. The first-order chi connectivity index (χ1) is 6.70. The van der Waals surface area contributed by atoms with Crippen LogP contribution >= 0.6 is 0 Å². The van der Waals surface area contributed by atoms with Gasteiger partial charge in [-0.2, -0.15) is 0 Å². The van der Waals surface area contributed by atoms with Crippen LogP contribution in [0, 0.1) is 13.8 Å². The number of fused-ring (bicyclic) bond motifs is 1. The first kappa shape index (κ1) is 8.81. The van der Waals surface area contributed by atoms with Crippen molar-refractivity contribution >= 4 is 17.3 Å². The van der Waals surface area contributed by atoms with Crippen LogP contribution in [-0.2, 0) is 0 Å². The van der Waals surface area contributed by atoms with Crippen molar-refractivity contribution < 1.29 is 4.79 Å². The zero-order valence-electron chi connectivity index (χ0n) is 8.11. The first-order valence-electron chi connectivity index (χ1n) is 4.41. The molecule has 1 aromatic carbocycles. The molecule has 0 aliphatic carbocycles. The lowest BCUT2D eigenvalue weighted by Crippen LogP contribution is -1.93. The number of aryl methyl sites for hydroxylation is 2. The molecule has 1 aromatic heterocycles. The van der Waals surface area contributed by atoms with Gasteiger partial charge in [-0.15, -0.1) is 0 Å². The zero-order chi connectivity index (χ0) is 10.1. The lowest BCUT2D eigenvalue weighted by Gasteiger charge is -2.01. The fraction of sp³-hybridized carbons (Fsp3) is 0.182. The second kappa shape index (κ2) is 3.18. The quantitative estimate of drug-likeness (QED) is 0.640. The number of benzene rings is 1. The van der Waals surface area contributed by atoms with Crippen molar-refractivity contribution in [2.24, 2.45) is 0 Å². The van der Waals surface area contributed by atoms with Crippen LogP contribution in [0.5, 0.6) is 0 Å². The smallest absolute Gasteiger partial charge is 0.150 e. The number of aromatic nitrogens is 2. The van der Waals surface area contributed by atoms with Crippen molar-refractivity contribution in [3.63, 3.8) is 0 Å². The van der Waals surface area contributed by atoms with E-state index in [1.54, 1.807) is 12.1 Å². The summed E-state index contributed by atoms with van der Waals surface area (Å²) < 4.78 is 0. The van der Waals surface area contributed by atoms with Crippen LogP contribution in [0.1, 0.15) is 21.7 Å². The molecule has 1 heterocycles. The molecule has 0 fully saturated rings. The van der Waals surface area contributed by atoms with E-state index in [1.165, 1.54) is 0 Å². The summed E-state index contributed by atoms with van der Waals surface area (Å²) in [6.07, 6.45) is 0.816. The van der Waals surface area contributed by atoms with E-state index in [1.807, 2.05) is 19.9 Å². The molecule has 0 amide bonds. The van der Waals surface area contributed by atoms with E-state index in [2.05, 4.69) is 9.97 Å². The molecule has 0 aliphatic rings. The summed E-state index contributed by atoms with van der Waals surface area (Å²) in [5, 5.41) is 0. The third-order valence-corrected chi connectivity index (χ3v) is 2.24. The van der Waals surface area contributed by atoms with Crippen molar-refractivity contribution in [1.29, 1.82) is 0 Å². The average Bonchev–Trinajstić information content (AvgIpc) is 2.19. The standard InChI is InChI=1S/C11H10N2O/c1-7-8(2)13-11-5-9(6-14)3-4-10(11)12-7/h3-6H,1-2H3. The second-order valence-corrected chi connectivity index (χ2v) is 3.26. The molecular weight excluding hydrogens is 176 g/mol. The van der Waals surface area contributed by atoms with Crippen LogP contribution in [-0.4, -0.2) is 16.3 Å². The van der Waals surface area contributed by atoms with Gasteiger partial charge in [0.25, 0.3) is 0 Å². The van der Waals surface area contributed by atoms with Gasteiger partial charge < -0.3 is 0 Å². The van der Waals surface area contributed by atoms with Crippen LogP contribution in [0.3, 0.4) is 0 Å². The molecule has 0 aliphatic heterocycles. The summed E-state index contributed by atoms with van der Waals surface area (Å²) in [7, 11) is 0. The molecule has 0 N–H and O–H groups in total. The molecule has 0 atom stereocenters. The number of carbonyl (C=O) groups excluding carboxylic acids is 1. The topological polar surface area (TPSA) is 42.9 Å². The van der Waals surface area contributed by atoms with Gasteiger partial charge in [0.1, 0.15) is 6.29 Å². The molecule has 2 aromatic rings. The highest BCUT2D eigenvalue weighted by molar-refractivity contribution is 5.84. The molecule has 3 nitrogen and oxygen atoms in total. The Labute approximate surface area is 81.8 Å². The van der Waals surface area contributed by atoms with Gasteiger partial charge in [-0.05, 0) is 32.0 Å². The molecule has 0 unspecified atom stereocenters. The summed E-state index contributed by atoms with van der Waals surface area (Å²) in [6, 6.07) is 5.32. The molecular formula is C11H10N2O. The molecule has 14 heavy (non-hydrogen) atoms. The summed E-state index contributed by atoms with van der Waals surface area (Å²) >= 11 is 0. The predicted molar refractivity (Wildman–Crippen MR) is 54.4 cm³/mol. The van der Waals surface area contributed by atoms with Crippen molar-refractivity contribution in [1.82, 2.24) is 9.97 Å².